The number of rotatable bonds is 2. The molecule has 0 aromatic heterocycles. The topological polar surface area (TPSA) is 6.48 Å². The predicted molar refractivity (Wildman–Crippen MR) is 88.5 cm³/mol. The van der Waals surface area contributed by atoms with Crippen molar-refractivity contribution in [3.8, 4) is 0 Å². The van der Waals surface area contributed by atoms with Gasteiger partial charge in [-0.05, 0) is 44.2 Å². The van der Waals surface area contributed by atoms with Crippen LogP contribution in [0.3, 0.4) is 0 Å². The molecule has 21 heavy (non-hydrogen) atoms. The van der Waals surface area contributed by atoms with Crippen molar-refractivity contribution in [1.29, 1.82) is 0 Å². The molecule has 2 aliphatic heterocycles. The molecule has 4 rings (SSSR count). The quantitative estimate of drug-likeness (QED) is 0.759. The zero-order valence-electron chi connectivity index (χ0n) is 15.0. The Kier molecular flexibility index (Phi) is 2.78. The highest BCUT2D eigenvalue weighted by atomic mass is 15.4. The van der Waals surface area contributed by atoms with Gasteiger partial charge >= 0.3 is 0 Å². The molecule has 0 radical (unpaired) electrons. The van der Waals surface area contributed by atoms with Crippen molar-refractivity contribution < 1.29 is 2.74 Å². The Hall–Kier alpha value is -1.28. The highest BCUT2D eigenvalue weighted by Gasteiger charge is 2.44. The molecule has 1 aromatic rings. The van der Waals surface area contributed by atoms with Crippen LogP contribution < -0.4 is 4.90 Å². The van der Waals surface area contributed by atoms with Crippen LogP contribution in [0.4, 0.5) is 5.69 Å². The molecule has 0 spiro atoms. The summed E-state index contributed by atoms with van der Waals surface area (Å²) in [7, 11) is 0. The van der Waals surface area contributed by atoms with Gasteiger partial charge in [-0.15, -0.1) is 0 Å². The zero-order chi connectivity index (χ0) is 16.2. The first-order valence-corrected chi connectivity index (χ1v) is 8.28. The van der Waals surface area contributed by atoms with Gasteiger partial charge < -0.3 is 4.90 Å². The van der Waals surface area contributed by atoms with Crippen molar-refractivity contribution in [2.75, 3.05) is 11.5 Å². The maximum absolute atomic E-state index is 9.12. The molecule has 1 aliphatic carbocycles. The second-order valence-corrected chi connectivity index (χ2v) is 6.71. The molecular formula is C19H26N2. The van der Waals surface area contributed by atoms with Crippen molar-refractivity contribution in [3.05, 3.63) is 42.0 Å². The minimum Gasteiger partial charge on any atom is -0.354 e. The summed E-state index contributed by atoms with van der Waals surface area (Å²) in [6.07, 6.45) is 9.00. The van der Waals surface area contributed by atoms with Crippen LogP contribution in [-0.2, 0) is 0 Å². The normalized spacial score (nSPS) is 41.4. The summed E-state index contributed by atoms with van der Waals surface area (Å²) in [4.78, 5) is 4.34. The van der Waals surface area contributed by atoms with E-state index in [2.05, 4.69) is 47.9 Å². The van der Waals surface area contributed by atoms with E-state index in [1.54, 1.807) is 0 Å². The van der Waals surface area contributed by atoms with Crippen LogP contribution in [-0.4, -0.2) is 29.6 Å². The third kappa shape index (κ3) is 2.12. The lowest BCUT2D eigenvalue weighted by atomic mass is 9.98. The lowest BCUT2D eigenvalue weighted by molar-refractivity contribution is 0.201. The molecule has 1 saturated carbocycles. The van der Waals surface area contributed by atoms with Gasteiger partial charge in [0.15, 0.2) is 0 Å². The van der Waals surface area contributed by atoms with E-state index in [0.717, 1.165) is 18.5 Å². The molecule has 0 N–H and O–H groups in total. The van der Waals surface area contributed by atoms with Crippen molar-refractivity contribution >= 4 is 5.69 Å². The Bertz CT molecular complexity index is 626. The summed E-state index contributed by atoms with van der Waals surface area (Å²) >= 11 is 0. The minimum atomic E-state index is -0.695. The van der Waals surface area contributed by atoms with Crippen LogP contribution in [0, 0.1) is 12.8 Å². The number of para-hydroxylation sites is 1. The molecule has 1 aromatic carbocycles. The summed E-state index contributed by atoms with van der Waals surface area (Å²) in [5, 5.41) is 0. The van der Waals surface area contributed by atoms with E-state index in [0.29, 0.717) is 5.92 Å². The molecule has 112 valence electrons. The van der Waals surface area contributed by atoms with Gasteiger partial charge in [0.2, 0.25) is 0 Å². The Balaban J connectivity index is 1.70. The molecule has 0 bridgehead atoms. The van der Waals surface area contributed by atoms with Crippen LogP contribution in [0.15, 0.2) is 36.4 Å². The average Bonchev–Trinajstić information content (AvgIpc) is 3.22. The van der Waals surface area contributed by atoms with E-state index in [1.807, 2.05) is 12.1 Å². The molecule has 1 saturated heterocycles. The van der Waals surface area contributed by atoms with Gasteiger partial charge in [0.1, 0.15) is 0 Å². The fourth-order valence-electron chi connectivity index (χ4n) is 4.19. The fourth-order valence-corrected chi connectivity index (χ4v) is 4.19. The summed E-state index contributed by atoms with van der Waals surface area (Å²) in [6.45, 7) is 3.83. The number of hydrogen-bond acceptors (Lipinski definition) is 2. The van der Waals surface area contributed by atoms with E-state index in [1.165, 1.54) is 18.4 Å². The summed E-state index contributed by atoms with van der Waals surface area (Å²) in [5.41, 5.74) is 2.34. The summed E-state index contributed by atoms with van der Waals surface area (Å²) in [5.74, 6) is 0.376. The van der Waals surface area contributed by atoms with Crippen molar-refractivity contribution in [1.82, 2.24) is 4.90 Å². The minimum absolute atomic E-state index is 0.176. The molecule has 2 fully saturated rings. The van der Waals surface area contributed by atoms with Crippen molar-refractivity contribution in [3.63, 3.8) is 0 Å². The SMILES string of the molecule is [2H]C1N(c2ccccc2C)[C@@H](C)C2C=CC([2H])(C3CCCC3)N21. The fraction of sp³-hybridized carbons (Fsp3) is 0.579. The number of fused-ring (bicyclic) bond motifs is 1. The van der Waals surface area contributed by atoms with Crippen LogP contribution in [0.25, 0.3) is 0 Å². The van der Waals surface area contributed by atoms with Gasteiger partial charge in [0.25, 0.3) is 0 Å². The molecule has 2 heterocycles. The van der Waals surface area contributed by atoms with E-state index in [4.69, 9.17) is 2.74 Å². The van der Waals surface area contributed by atoms with Gasteiger partial charge in [-0.3, -0.25) is 4.90 Å². The molecule has 2 nitrogen and oxygen atoms in total. The van der Waals surface area contributed by atoms with E-state index in [9.17, 15) is 0 Å². The molecule has 0 amide bonds. The Morgan fingerprint density at radius 1 is 1.19 bits per heavy atom. The molecular weight excluding hydrogens is 256 g/mol. The second-order valence-electron chi connectivity index (χ2n) is 6.71. The van der Waals surface area contributed by atoms with Gasteiger partial charge in [-0.1, -0.05) is 43.2 Å². The lowest BCUT2D eigenvalue weighted by Gasteiger charge is -2.29. The standard InChI is InChI=1S/C19H26N2/c1-14-7-3-6-10-17(14)20-13-21-18(15(20)2)11-12-19(21)16-8-4-5-9-16/h3,6-7,10-12,15-16,18-19H,4-5,8-9,13H2,1-2H3/t15-,18?,19?/m0/s1/i13D,19D/t13?,15-,18?,19?. The maximum atomic E-state index is 9.12. The van der Waals surface area contributed by atoms with Gasteiger partial charge in [0, 0.05) is 17.7 Å². The third-order valence-electron chi connectivity index (χ3n) is 5.43. The first-order chi connectivity index (χ1) is 11.0. The van der Waals surface area contributed by atoms with Crippen LogP contribution in [0.5, 0.6) is 0 Å². The highest BCUT2D eigenvalue weighted by Crippen LogP contribution is 2.40. The number of nitrogens with zero attached hydrogens (tertiary/aromatic N) is 2. The smallest absolute Gasteiger partial charge is 0.0721 e. The number of aryl methyl sites for hydroxylation is 1. The van der Waals surface area contributed by atoms with E-state index >= 15 is 0 Å². The summed E-state index contributed by atoms with van der Waals surface area (Å²) < 4.78 is 18.0. The number of anilines is 1. The number of benzene rings is 1. The van der Waals surface area contributed by atoms with Crippen LogP contribution in [0.2, 0.25) is 0 Å². The Morgan fingerprint density at radius 2 is 1.95 bits per heavy atom. The predicted octanol–water partition coefficient (Wildman–Crippen LogP) is 3.96. The molecule has 3 unspecified atom stereocenters. The zero-order valence-corrected chi connectivity index (χ0v) is 13.0. The monoisotopic (exact) mass is 284 g/mol. The third-order valence-corrected chi connectivity index (χ3v) is 5.43. The maximum Gasteiger partial charge on any atom is 0.0721 e. The lowest BCUT2D eigenvalue weighted by Crippen LogP contribution is -2.38. The van der Waals surface area contributed by atoms with Crippen LogP contribution in [0.1, 0.15) is 40.9 Å². The first-order valence-electron chi connectivity index (χ1n) is 9.36. The van der Waals surface area contributed by atoms with Crippen molar-refractivity contribution in [2.45, 2.75) is 57.6 Å². The molecule has 3 aliphatic rings. The number of hydrogen-bond donors (Lipinski definition) is 0. The molecule has 4 atom stereocenters. The van der Waals surface area contributed by atoms with Crippen molar-refractivity contribution in [2.24, 2.45) is 5.92 Å². The second kappa shape index (κ2) is 5.17. The largest absolute Gasteiger partial charge is 0.354 e. The molecule has 2 heteroatoms. The van der Waals surface area contributed by atoms with Crippen LogP contribution >= 0.6 is 0 Å². The summed E-state index contributed by atoms with van der Waals surface area (Å²) in [6, 6.07) is 8.02. The first kappa shape index (κ1) is 11.3. The average molecular weight is 284 g/mol. The van der Waals surface area contributed by atoms with Gasteiger partial charge in [0.05, 0.1) is 15.4 Å². The Morgan fingerprint density at radius 3 is 2.71 bits per heavy atom. The highest BCUT2D eigenvalue weighted by molar-refractivity contribution is 5.55. The van der Waals surface area contributed by atoms with Gasteiger partial charge in [-0.25, -0.2) is 0 Å². The van der Waals surface area contributed by atoms with Gasteiger partial charge in [-0.2, -0.15) is 0 Å². The van der Waals surface area contributed by atoms with E-state index in [-0.39, 0.29) is 12.1 Å². The van der Waals surface area contributed by atoms with E-state index < -0.39 is 12.7 Å². The Labute approximate surface area is 131 Å².